The molecule has 0 bridgehead atoms. The van der Waals surface area contributed by atoms with Gasteiger partial charge in [0.1, 0.15) is 5.75 Å². The average molecular weight is 554 g/mol. The lowest BCUT2D eigenvalue weighted by Gasteiger charge is -2.37. The Morgan fingerprint density at radius 3 is 2.33 bits per heavy atom. The molecule has 1 amide bonds. The maximum absolute atomic E-state index is 12.1. The zero-order valence-corrected chi connectivity index (χ0v) is 23.1. The number of hydrogen-bond acceptors (Lipinski definition) is 8. The summed E-state index contributed by atoms with van der Waals surface area (Å²) >= 11 is 0. The van der Waals surface area contributed by atoms with Gasteiger partial charge in [0.25, 0.3) is 0 Å². The molecule has 3 aromatic rings. The van der Waals surface area contributed by atoms with Gasteiger partial charge in [0.2, 0.25) is 5.91 Å². The van der Waals surface area contributed by atoms with E-state index >= 15 is 0 Å². The summed E-state index contributed by atoms with van der Waals surface area (Å²) in [5.41, 5.74) is 4.25. The lowest BCUT2D eigenvalue weighted by molar-refractivity contribution is -0.129. The molecular weight excluding hydrogens is 518 g/mol. The molecule has 2 aromatic carbocycles. The van der Waals surface area contributed by atoms with E-state index in [0.717, 1.165) is 48.7 Å². The predicted octanol–water partition coefficient (Wildman–Crippen LogP) is 1.75. The number of anilines is 1. The SMILES string of the molecule is CC(=O)N1CCc2c(c(-c3ccc(S(C)(=O)=O)cc3)nn2CC(O)CN2CCN(c3ccccc3O)CC2)C1. The van der Waals surface area contributed by atoms with Crippen LogP contribution in [0.15, 0.2) is 53.4 Å². The summed E-state index contributed by atoms with van der Waals surface area (Å²) in [6.45, 7) is 6.46. The zero-order valence-electron chi connectivity index (χ0n) is 22.3. The number of phenols is 1. The summed E-state index contributed by atoms with van der Waals surface area (Å²) in [6, 6.07) is 14.0. The molecule has 0 radical (unpaired) electrons. The molecule has 5 rings (SSSR count). The van der Waals surface area contributed by atoms with Crippen molar-refractivity contribution in [3.05, 3.63) is 59.8 Å². The van der Waals surface area contributed by atoms with Gasteiger partial charge in [0.05, 0.1) is 28.9 Å². The smallest absolute Gasteiger partial charge is 0.219 e. The Labute approximate surface area is 229 Å². The van der Waals surface area contributed by atoms with Crippen LogP contribution in [0.5, 0.6) is 5.75 Å². The number of hydrogen-bond donors (Lipinski definition) is 2. The number of benzene rings is 2. The Kier molecular flexibility index (Phi) is 7.66. The Morgan fingerprint density at radius 1 is 1.00 bits per heavy atom. The minimum Gasteiger partial charge on any atom is -0.506 e. The van der Waals surface area contributed by atoms with E-state index in [2.05, 4.69) is 9.80 Å². The van der Waals surface area contributed by atoms with Crippen LogP contribution in [0.3, 0.4) is 0 Å². The molecule has 0 spiro atoms. The number of phenolic OH excluding ortho intramolecular Hbond substituents is 1. The Hall–Kier alpha value is -3.41. The second-order valence-electron chi connectivity index (χ2n) is 10.4. The van der Waals surface area contributed by atoms with Crippen molar-refractivity contribution in [1.29, 1.82) is 0 Å². The summed E-state index contributed by atoms with van der Waals surface area (Å²) < 4.78 is 25.7. The number of aliphatic hydroxyl groups is 1. The maximum Gasteiger partial charge on any atom is 0.219 e. The van der Waals surface area contributed by atoms with Crippen LogP contribution in [0.4, 0.5) is 5.69 Å². The first-order valence-electron chi connectivity index (χ1n) is 13.2. The van der Waals surface area contributed by atoms with E-state index in [1.54, 1.807) is 42.2 Å². The molecule has 2 N–H and O–H groups in total. The average Bonchev–Trinajstić information content (AvgIpc) is 3.26. The predicted molar refractivity (Wildman–Crippen MR) is 148 cm³/mol. The normalized spacial score (nSPS) is 17.2. The summed E-state index contributed by atoms with van der Waals surface area (Å²) in [7, 11) is -3.32. The van der Waals surface area contributed by atoms with E-state index < -0.39 is 15.9 Å². The van der Waals surface area contributed by atoms with Crippen LogP contribution < -0.4 is 4.90 Å². The molecule has 10 nitrogen and oxygen atoms in total. The largest absolute Gasteiger partial charge is 0.506 e. The van der Waals surface area contributed by atoms with Crippen molar-refractivity contribution in [2.45, 2.75) is 37.4 Å². The number of piperazine rings is 1. The first-order valence-corrected chi connectivity index (χ1v) is 15.1. The van der Waals surface area contributed by atoms with E-state index in [4.69, 9.17) is 5.10 Å². The topological polar surface area (TPSA) is 119 Å². The van der Waals surface area contributed by atoms with E-state index in [1.807, 2.05) is 22.9 Å². The highest BCUT2D eigenvalue weighted by Gasteiger charge is 2.28. The van der Waals surface area contributed by atoms with Crippen molar-refractivity contribution in [2.75, 3.05) is 50.4 Å². The Balaban J connectivity index is 1.30. The molecule has 1 aromatic heterocycles. The highest BCUT2D eigenvalue weighted by molar-refractivity contribution is 7.90. The van der Waals surface area contributed by atoms with Gasteiger partial charge in [0.15, 0.2) is 9.84 Å². The molecule has 11 heteroatoms. The zero-order chi connectivity index (χ0) is 27.7. The monoisotopic (exact) mass is 553 g/mol. The Bertz CT molecular complexity index is 1450. The molecule has 1 saturated heterocycles. The standard InChI is InChI=1S/C28H35N5O5S/c1-20(34)32-12-11-25-24(19-32)28(21-7-9-23(10-8-21)39(2,37)38)29-33(25)18-22(35)17-30-13-15-31(16-14-30)26-5-3-4-6-27(26)36/h3-10,22,35-36H,11-19H2,1-2H3. The highest BCUT2D eigenvalue weighted by Crippen LogP contribution is 2.31. The number of aromatic hydroxyl groups is 1. The molecule has 208 valence electrons. The van der Waals surface area contributed by atoms with Crippen molar-refractivity contribution < 1.29 is 23.4 Å². The minimum absolute atomic E-state index is 0.00484. The number of β-amino-alcohol motifs (C(OH)–C–C–N with tert-alkyl or cyclic N) is 1. The van der Waals surface area contributed by atoms with Crippen LogP contribution >= 0.6 is 0 Å². The number of aliphatic hydroxyl groups excluding tert-OH is 1. The molecular formula is C28H35N5O5S. The van der Waals surface area contributed by atoms with Gasteiger partial charge in [-0.15, -0.1) is 0 Å². The maximum atomic E-state index is 12.1. The lowest BCUT2D eigenvalue weighted by Crippen LogP contribution is -2.49. The summed E-state index contributed by atoms with van der Waals surface area (Å²) in [5.74, 6) is 0.273. The van der Waals surface area contributed by atoms with Crippen molar-refractivity contribution >= 4 is 21.4 Å². The summed E-state index contributed by atoms with van der Waals surface area (Å²) in [4.78, 5) is 18.5. The molecule has 0 aliphatic carbocycles. The second kappa shape index (κ2) is 11.0. The number of nitrogens with zero attached hydrogens (tertiary/aromatic N) is 5. The quantitative estimate of drug-likeness (QED) is 0.454. The van der Waals surface area contributed by atoms with Crippen LogP contribution in [-0.4, -0.2) is 95.7 Å². The second-order valence-corrected chi connectivity index (χ2v) is 12.4. The summed E-state index contributed by atoms with van der Waals surface area (Å²) in [6.07, 6.45) is 1.17. The van der Waals surface area contributed by atoms with Crippen LogP contribution in [-0.2, 0) is 34.1 Å². The molecule has 2 aliphatic rings. The first kappa shape index (κ1) is 27.2. The number of rotatable bonds is 7. The molecule has 1 atom stereocenters. The number of amides is 1. The Morgan fingerprint density at radius 2 is 1.69 bits per heavy atom. The lowest BCUT2D eigenvalue weighted by atomic mass is 10.0. The van der Waals surface area contributed by atoms with Gasteiger partial charge in [-0.2, -0.15) is 5.10 Å². The fraction of sp³-hybridized carbons (Fsp3) is 0.429. The van der Waals surface area contributed by atoms with Gasteiger partial charge in [-0.3, -0.25) is 14.4 Å². The fourth-order valence-electron chi connectivity index (χ4n) is 5.46. The van der Waals surface area contributed by atoms with Gasteiger partial charge in [-0.1, -0.05) is 24.3 Å². The van der Waals surface area contributed by atoms with Gasteiger partial charge in [-0.25, -0.2) is 8.42 Å². The van der Waals surface area contributed by atoms with Crippen molar-refractivity contribution in [2.24, 2.45) is 0 Å². The van der Waals surface area contributed by atoms with Crippen molar-refractivity contribution in [3.8, 4) is 17.0 Å². The van der Waals surface area contributed by atoms with Gasteiger partial charge in [-0.05, 0) is 24.3 Å². The number of carbonyl (C=O) groups is 1. The third kappa shape index (κ3) is 5.95. The van der Waals surface area contributed by atoms with Gasteiger partial charge >= 0.3 is 0 Å². The van der Waals surface area contributed by atoms with E-state index in [-0.39, 0.29) is 16.6 Å². The number of sulfone groups is 1. The summed E-state index contributed by atoms with van der Waals surface area (Å²) in [5, 5.41) is 26.1. The number of fused-ring (bicyclic) bond motifs is 1. The third-order valence-corrected chi connectivity index (χ3v) is 8.71. The molecule has 3 heterocycles. The molecule has 1 fully saturated rings. The van der Waals surface area contributed by atoms with Gasteiger partial charge in [0, 0.05) is 82.2 Å². The number of carbonyl (C=O) groups excluding carboxylic acids is 1. The molecule has 2 aliphatic heterocycles. The van der Waals surface area contributed by atoms with Crippen molar-refractivity contribution in [3.63, 3.8) is 0 Å². The highest BCUT2D eigenvalue weighted by atomic mass is 32.2. The minimum atomic E-state index is -3.32. The van der Waals surface area contributed by atoms with Crippen LogP contribution in [0.2, 0.25) is 0 Å². The fourth-order valence-corrected chi connectivity index (χ4v) is 6.09. The molecule has 0 saturated carbocycles. The van der Waals surface area contributed by atoms with E-state index in [1.165, 1.54) is 6.26 Å². The number of aromatic nitrogens is 2. The van der Waals surface area contributed by atoms with Crippen LogP contribution in [0, 0.1) is 0 Å². The number of para-hydroxylation sites is 2. The van der Waals surface area contributed by atoms with Crippen LogP contribution in [0.25, 0.3) is 11.3 Å². The van der Waals surface area contributed by atoms with E-state index in [9.17, 15) is 23.4 Å². The van der Waals surface area contributed by atoms with Gasteiger partial charge < -0.3 is 20.0 Å². The van der Waals surface area contributed by atoms with Crippen molar-refractivity contribution in [1.82, 2.24) is 19.6 Å². The molecule has 1 unspecified atom stereocenters. The first-order chi connectivity index (χ1) is 18.6. The van der Waals surface area contributed by atoms with E-state index in [0.29, 0.717) is 38.3 Å². The molecule has 39 heavy (non-hydrogen) atoms. The van der Waals surface area contributed by atoms with Crippen LogP contribution in [0.1, 0.15) is 18.2 Å². The third-order valence-electron chi connectivity index (χ3n) is 7.58.